The van der Waals surface area contributed by atoms with Gasteiger partial charge in [0.05, 0.1) is 6.54 Å². The van der Waals surface area contributed by atoms with Crippen molar-refractivity contribution in [2.45, 2.75) is 26.7 Å². The van der Waals surface area contributed by atoms with E-state index in [0.717, 1.165) is 17.7 Å². The number of amides is 2. The van der Waals surface area contributed by atoms with Crippen molar-refractivity contribution in [3.63, 3.8) is 0 Å². The van der Waals surface area contributed by atoms with Crippen molar-refractivity contribution in [3.05, 3.63) is 11.3 Å². The second-order valence-corrected chi connectivity index (χ2v) is 4.29. The highest BCUT2D eigenvalue weighted by Crippen LogP contribution is 2.14. The van der Waals surface area contributed by atoms with E-state index in [9.17, 15) is 9.59 Å². The van der Waals surface area contributed by atoms with Crippen molar-refractivity contribution in [1.29, 1.82) is 0 Å². The van der Waals surface area contributed by atoms with Gasteiger partial charge in [0, 0.05) is 24.2 Å². The number of hydrogen-bond acceptors (Lipinski definition) is 3. The van der Waals surface area contributed by atoms with Crippen molar-refractivity contribution in [2.75, 3.05) is 18.4 Å². The number of carbonyl (C=O) groups is 2. The lowest BCUT2D eigenvalue weighted by atomic mass is 10.3. The molecule has 0 spiro atoms. The van der Waals surface area contributed by atoms with Crippen LogP contribution in [0.4, 0.5) is 5.82 Å². The first kappa shape index (κ1) is 11.6. The molecule has 0 aliphatic carbocycles. The zero-order valence-electron chi connectivity index (χ0n) is 10.0. The number of aromatic amines is 1. The smallest absolute Gasteiger partial charge is 0.245 e. The van der Waals surface area contributed by atoms with Crippen LogP contribution in [0, 0.1) is 13.8 Å². The third kappa shape index (κ3) is 2.46. The molecule has 0 saturated carbocycles. The first-order valence-electron chi connectivity index (χ1n) is 5.67. The number of carbonyl (C=O) groups excluding carboxylic acids is 2. The first-order valence-corrected chi connectivity index (χ1v) is 5.67. The van der Waals surface area contributed by atoms with Crippen molar-refractivity contribution < 1.29 is 9.59 Å². The van der Waals surface area contributed by atoms with E-state index in [1.54, 1.807) is 4.90 Å². The number of anilines is 1. The van der Waals surface area contributed by atoms with E-state index in [1.165, 1.54) is 0 Å². The van der Waals surface area contributed by atoms with Gasteiger partial charge in [0.1, 0.15) is 0 Å². The summed E-state index contributed by atoms with van der Waals surface area (Å²) >= 11 is 0. The van der Waals surface area contributed by atoms with Gasteiger partial charge in [0.2, 0.25) is 11.8 Å². The zero-order valence-corrected chi connectivity index (χ0v) is 10.0. The normalized spacial score (nSPS) is 15.4. The number of aryl methyl sites for hydroxylation is 1. The molecule has 0 radical (unpaired) electrons. The van der Waals surface area contributed by atoms with Gasteiger partial charge >= 0.3 is 0 Å². The van der Waals surface area contributed by atoms with Crippen LogP contribution in [0.2, 0.25) is 0 Å². The quantitative estimate of drug-likeness (QED) is 0.806. The maximum absolute atomic E-state index is 11.7. The van der Waals surface area contributed by atoms with Gasteiger partial charge in [-0.15, -0.1) is 0 Å². The van der Waals surface area contributed by atoms with Gasteiger partial charge in [-0.25, -0.2) is 0 Å². The largest absolute Gasteiger partial charge is 0.333 e. The summed E-state index contributed by atoms with van der Waals surface area (Å²) in [5.74, 6) is 0.393. The number of nitrogens with zero attached hydrogens (tertiary/aromatic N) is 2. The average molecular weight is 236 g/mol. The summed E-state index contributed by atoms with van der Waals surface area (Å²) in [6.45, 7) is 4.56. The van der Waals surface area contributed by atoms with Gasteiger partial charge < -0.3 is 10.2 Å². The Bertz CT molecular complexity index is 452. The number of aromatic nitrogens is 2. The van der Waals surface area contributed by atoms with E-state index in [1.807, 2.05) is 13.8 Å². The standard InChI is InChI=1S/C11H16N4O2/c1-7-8(2)13-14-11(7)12-9(16)6-15-5-3-4-10(15)17/h3-6H2,1-2H3,(H2,12,13,14,16). The molecule has 2 rings (SSSR count). The van der Waals surface area contributed by atoms with Crippen molar-refractivity contribution in [1.82, 2.24) is 15.1 Å². The molecule has 2 heterocycles. The molecule has 1 aliphatic rings. The number of H-pyrrole nitrogens is 1. The fraction of sp³-hybridized carbons (Fsp3) is 0.545. The van der Waals surface area contributed by atoms with Crippen LogP contribution in [0.1, 0.15) is 24.1 Å². The molecule has 1 aromatic heterocycles. The Labute approximate surface area is 99.4 Å². The van der Waals surface area contributed by atoms with Crippen molar-refractivity contribution >= 4 is 17.6 Å². The van der Waals surface area contributed by atoms with Crippen LogP contribution in [0.25, 0.3) is 0 Å². The molecule has 92 valence electrons. The molecule has 2 amide bonds. The molecule has 0 unspecified atom stereocenters. The second-order valence-electron chi connectivity index (χ2n) is 4.29. The van der Waals surface area contributed by atoms with E-state index in [0.29, 0.717) is 18.8 Å². The number of likely N-dealkylation sites (tertiary alicyclic amines) is 1. The van der Waals surface area contributed by atoms with Crippen LogP contribution in [-0.2, 0) is 9.59 Å². The van der Waals surface area contributed by atoms with Crippen molar-refractivity contribution in [2.24, 2.45) is 0 Å². The molecule has 2 N–H and O–H groups in total. The highest BCUT2D eigenvalue weighted by Gasteiger charge is 2.22. The Morgan fingerprint density at radius 2 is 2.29 bits per heavy atom. The van der Waals surface area contributed by atoms with Crippen LogP contribution in [0.15, 0.2) is 0 Å². The lowest BCUT2D eigenvalue weighted by Gasteiger charge is -2.14. The Morgan fingerprint density at radius 3 is 2.82 bits per heavy atom. The molecule has 17 heavy (non-hydrogen) atoms. The van der Waals surface area contributed by atoms with Crippen LogP contribution in [-0.4, -0.2) is 40.0 Å². The van der Waals surface area contributed by atoms with Gasteiger partial charge in [-0.3, -0.25) is 14.7 Å². The lowest BCUT2D eigenvalue weighted by Crippen LogP contribution is -2.34. The summed E-state index contributed by atoms with van der Waals surface area (Å²) in [7, 11) is 0. The fourth-order valence-corrected chi connectivity index (χ4v) is 1.82. The molecule has 0 bridgehead atoms. The molecule has 0 aromatic carbocycles. The Morgan fingerprint density at radius 1 is 1.53 bits per heavy atom. The van der Waals surface area contributed by atoms with Gasteiger partial charge in [0.15, 0.2) is 5.82 Å². The van der Waals surface area contributed by atoms with Crippen LogP contribution >= 0.6 is 0 Å². The van der Waals surface area contributed by atoms with Gasteiger partial charge in [-0.05, 0) is 20.3 Å². The topological polar surface area (TPSA) is 78.1 Å². The highest BCUT2D eigenvalue weighted by molar-refractivity contribution is 5.94. The average Bonchev–Trinajstić information content (AvgIpc) is 2.80. The van der Waals surface area contributed by atoms with Crippen LogP contribution in [0.3, 0.4) is 0 Å². The summed E-state index contributed by atoms with van der Waals surface area (Å²) in [6.07, 6.45) is 1.39. The minimum absolute atomic E-state index is 0.0510. The maximum atomic E-state index is 11.7. The number of rotatable bonds is 3. The summed E-state index contributed by atoms with van der Waals surface area (Å²) in [5.41, 5.74) is 1.85. The summed E-state index contributed by atoms with van der Waals surface area (Å²) in [5, 5.41) is 9.49. The molecular weight excluding hydrogens is 220 g/mol. The summed E-state index contributed by atoms with van der Waals surface area (Å²) < 4.78 is 0. The first-order chi connectivity index (χ1) is 8.08. The molecule has 1 aliphatic heterocycles. The SMILES string of the molecule is Cc1[nH]nc(NC(=O)CN2CCCC2=O)c1C. The molecule has 1 saturated heterocycles. The lowest BCUT2D eigenvalue weighted by molar-refractivity contribution is -0.131. The summed E-state index contributed by atoms with van der Waals surface area (Å²) in [6, 6.07) is 0. The third-order valence-electron chi connectivity index (χ3n) is 3.02. The molecule has 1 fully saturated rings. The third-order valence-corrected chi connectivity index (χ3v) is 3.02. The predicted molar refractivity (Wildman–Crippen MR) is 62.5 cm³/mol. The number of nitrogens with one attached hydrogen (secondary N) is 2. The minimum Gasteiger partial charge on any atom is -0.333 e. The molecule has 6 heteroatoms. The van der Waals surface area contributed by atoms with Crippen LogP contribution in [0.5, 0.6) is 0 Å². The van der Waals surface area contributed by atoms with E-state index in [-0.39, 0.29) is 18.4 Å². The van der Waals surface area contributed by atoms with Gasteiger partial charge in [0.25, 0.3) is 0 Å². The predicted octanol–water partition coefficient (Wildman–Crippen LogP) is 0.587. The Hall–Kier alpha value is -1.85. The number of hydrogen-bond donors (Lipinski definition) is 2. The zero-order chi connectivity index (χ0) is 12.4. The Kier molecular flexibility index (Phi) is 3.12. The van der Waals surface area contributed by atoms with Crippen molar-refractivity contribution in [3.8, 4) is 0 Å². The summed E-state index contributed by atoms with van der Waals surface area (Å²) in [4.78, 5) is 24.6. The molecule has 0 atom stereocenters. The minimum atomic E-state index is -0.199. The maximum Gasteiger partial charge on any atom is 0.245 e. The van der Waals surface area contributed by atoms with Gasteiger partial charge in [-0.2, -0.15) is 5.10 Å². The van der Waals surface area contributed by atoms with Gasteiger partial charge in [-0.1, -0.05) is 0 Å². The van der Waals surface area contributed by atoms with Crippen LogP contribution < -0.4 is 5.32 Å². The van der Waals surface area contributed by atoms with E-state index in [2.05, 4.69) is 15.5 Å². The van der Waals surface area contributed by atoms with E-state index in [4.69, 9.17) is 0 Å². The fourth-order valence-electron chi connectivity index (χ4n) is 1.82. The molecular formula is C11H16N4O2. The molecule has 6 nitrogen and oxygen atoms in total. The second kappa shape index (κ2) is 4.57. The molecule has 1 aromatic rings. The highest BCUT2D eigenvalue weighted by atomic mass is 16.2. The monoisotopic (exact) mass is 236 g/mol. The van der Waals surface area contributed by atoms with E-state index < -0.39 is 0 Å². The van der Waals surface area contributed by atoms with E-state index >= 15 is 0 Å². The Balaban J connectivity index is 1.93.